The Hall–Kier alpha value is -2.36. The second-order valence-corrected chi connectivity index (χ2v) is 5.98. The molecule has 0 saturated heterocycles. The van der Waals surface area contributed by atoms with Crippen molar-refractivity contribution in [2.45, 2.75) is 38.0 Å². The van der Waals surface area contributed by atoms with Gasteiger partial charge in [0.05, 0.1) is 11.9 Å². The van der Waals surface area contributed by atoms with Crippen molar-refractivity contribution in [2.24, 2.45) is 0 Å². The number of ether oxygens (including phenoxy) is 1. The van der Waals surface area contributed by atoms with Crippen molar-refractivity contribution in [3.8, 4) is 5.75 Å². The van der Waals surface area contributed by atoms with Gasteiger partial charge in [-0.3, -0.25) is 9.78 Å². The average molecular weight is 310 g/mol. The van der Waals surface area contributed by atoms with Crippen molar-refractivity contribution >= 4 is 11.6 Å². The minimum Gasteiger partial charge on any atom is -0.484 e. The Morgan fingerprint density at radius 3 is 2.61 bits per heavy atom. The minimum atomic E-state index is -0.186. The molecule has 0 spiro atoms. The number of pyridine rings is 1. The first kappa shape index (κ1) is 15.5. The third kappa shape index (κ3) is 4.55. The Morgan fingerprint density at radius 1 is 1.13 bits per heavy atom. The monoisotopic (exact) mass is 310 g/mol. The summed E-state index contributed by atoms with van der Waals surface area (Å²) < 4.78 is 5.55. The number of benzene rings is 1. The van der Waals surface area contributed by atoms with E-state index in [0.717, 1.165) is 5.75 Å². The van der Waals surface area contributed by atoms with Gasteiger partial charge in [0.2, 0.25) is 0 Å². The maximum Gasteiger partial charge on any atom is 0.262 e. The fraction of sp³-hybridized carbons (Fsp3) is 0.368. The second kappa shape index (κ2) is 7.77. The van der Waals surface area contributed by atoms with E-state index in [0.29, 0.717) is 11.6 Å². The van der Waals surface area contributed by atoms with Crippen LogP contribution >= 0.6 is 0 Å². The van der Waals surface area contributed by atoms with Crippen molar-refractivity contribution in [3.63, 3.8) is 0 Å². The zero-order valence-corrected chi connectivity index (χ0v) is 13.2. The Bertz CT molecular complexity index is 620. The number of nitrogens with one attached hydrogen (secondary N) is 1. The molecule has 0 bridgehead atoms. The van der Waals surface area contributed by atoms with Crippen molar-refractivity contribution in [3.05, 3.63) is 54.4 Å². The number of aromatic nitrogens is 1. The van der Waals surface area contributed by atoms with Crippen LogP contribution in [0.15, 0.2) is 48.8 Å². The van der Waals surface area contributed by atoms with E-state index in [-0.39, 0.29) is 12.5 Å². The van der Waals surface area contributed by atoms with E-state index in [4.69, 9.17) is 4.74 Å². The smallest absolute Gasteiger partial charge is 0.262 e. The van der Waals surface area contributed by atoms with Gasteiger partial charge in [-0.05, 0) is 48.6 Å². The third-order valence-corrected chi connectivity index (χ3v) is 4.27. The number of hydrogen-bond acceptors (Lipinski definition) is 3. The van der Waals surface area contributed by atoms with E-state index < -0.39 is 0 Å². The molecule has 0 aliphatic heterocycles. The Balaban J connectivity index is 1.49. The Labute approximate surface area is 136 Å². The lowest BCUT2D eigenvalue weighted by atomic mass is 9.84. The molecule has 4 nitrogen and oxygen atoms in total. The van der Waals surface area contributed by atoms with E-state index >= 15 is 0 Å². The predicted molar refractivity (Wildman–Crippen MR) is 90.6 cm³/mol. The van der Waals surface area contributed by atoms with Gasteiger partial charge >= 0.3 is 0 Å². The van der Waals surface area contributed by atoms with E-state index in [1.807, 2.05) is 12.1 Å². The number of nitrogens with zero attached hydrogens (tertiary/aromatic N) is 1. The molecule has 3 rings (SSSR count). The van der Waals surface area contributed by atoms with Crippen LogP contribution in [-0.4, -0.2) is 17.5 Å². The van der Waals surface area contributed by atoms with E-state index in [1.54, 1.807) is 24.5 Å². The summed E-state index contributed by atoms with van der Waals surface area (Å²) in [6.45, 7) is -0.00231. The van der Waals surface area contributed by atoms with Gasteiger partial charge in [0, 0.05) is 6.20 Å². The fourth-order valence-corrected chi connectivity index (χ4v) is 3.05. The lowest BCUT2D eigenvalue weighted by molar-refractivity contribution is -0.118. The summed E-state index contributed by atoms with van der Waals surface area (Å²) in [7, 11) is 0. The highest BCUT2D eigenvalue weighted by atomic mass is 16.5. The topological polar surface area (TPSA) is 51.2 Å². The second-order valence-electron chi connectivity index (χ2n) is 5.98. The molecule has 120 valence electrons. The van der Waals surface area contributed by atoms with Crippen LogP contribution in [0.5, 0.6) is 5.75 Å². The van der Waals surface area contributed by atoms with Gasteiger partial charge < -0.3 is 10.1 Å². The van der Waals surface area contributed by atoms with Crippen molar-refractivity contribution in [1.29, 1.82) is 0 Å². The van der Waals surface area contributed by atoms with Gasteiger partial charge in [0.15, 0.2) is 6.61 Å². The molecule has 1 aromatic carbocycles. The van der Waals surface area contributed by atoms with E-state index in [2.05, 4.69) is 22.4 Å². The van der Waals surface area contributed by atoms with Gasteiger partial charge in [-0.2, -0.15) is 0 Å². The number of amides is 1. The van der Waals surface area contributed by atoms with Crippen LogP contribution in [-0.2, 0) is 4.79 Å². The van der Waals surface area contributed by atoms with Crippen LogP contribution in [0.2, 0.25) is 0 Å². The van der Waals surface area contributed by atoms with Crippen LogP contribution in [0.4, 0.5) is 5.69 Å². The van der Waals surface area contributed by atoms with Crippen molar-refractivity contribution in [1.82, 2.24) is 4.98 Å². The zero-order valence-electron chi connectivity index (χ0n) is 13.2. The van der Waals surface area contributed by atoms with Crippen molar-refractivity contribution < 1.29 is 9.53 Å². The fourth-order valence-electron chi connectivity index (χ4n) is 3.05. The molecule has 0 atom stereocenters. The minimum absolute atomic E-state index is 0.00231. The first-order valence-corrected chi connectivity index (χ1v) is 8.24. The molecule has 1 aromatic heterocycles. The van der Waals surface area contributed by atoms with Crippen LogP contribution in [0.25, 0.3) is 0 Å². The highest BCUT2D eigenvalue weighted by Gasteiger charge is 2.15. The molecule has 1 aliphatic carbocycles. The number of rotatable bonds is 5. The molecule has 1 saturated carbocycles. The molecular formula is C19H22N2O2. The van der Waals surface area contributed by atoms with Crippen LogP contribution in [0.1, 0.15) is 43.6 Å². The summed E-state index contributed by atoms with van der Waals surface area (Å²) >= 11 is 0. The van der Waals surface area contributed by atoms with Crippen LogP contribution in [0.3, 0.4) is 0 Å². The van der Waals surface area contributed by atoms with Gasteiger partial charge in [-0.1, -0.05) is 31.4 Å². The summed E-state index contributed by atoms with van der Waals surface area (Å²) in [4.78, 5) is 15.8. The molecular weight excluding hydrogens is 288 g/mol. The Morgan fingerprint density at radius 2 is 1.91 bits per heavy atom. The summed E-state index contributed by atoms with van der Waals surface area (Å²) in [6, 6.07) is 11.8. The maximum atomic E-state index is 11.8. The first-order chi connectivity index (χ1) is 11.3. The number of anilines is 1. The largest absolute Gasteiger partial charge is 0.484 e. The van der Waals surface area contributed by atoms with Gasteiger partial charge in [-0.25, -0.2) is 0 Å². The number of carbonyl (C=O) groups is 1. The van der Waals surface area contributed by atoms with Gasteiger partial charge in [0.1, 0.15) is 5.75 Å². The Kier molecular flexibility index (Phi) is 5.25. The molecule has 1 amide bonds. The molecule has 1 heterocycles. The molecule has 23 heavy (non-hydrogen) atoms. The van der Waals surface area contributed by atoms with Gasteiger partial charge in [-0.15, -0.1) is 0 Å². The molecule has 1 N–H and O–H groups in total. The summed E-state index contributed by atoms with van der Waals surface area (Å²) in [6.07, 6.45) is 9.87. The number of hydrogen-bond donors (Lipinski definition) is 1. The number of carbonyl (C=O) groups excluding carboxylic acids is 1. The maximum absolute atomic E-state index is 11.8. The quantitative estimate of drug-likeness (QED) is 0.902. The summed E-state index contributed by atoms with van der Waals surface area (Å²) in [5, 5.41) is 2.75. The third-order valence-electron chi connectivity index (χ3n) is 4.27. The molecule has 1 aliphatic rings. The lowest BCUT2D eigenvalue weighted by Crippen LogP contribution is -2.20. The average Bonchev–Trinajstić information content (AvgIpc) is 2.62. The van der Waals surface area contributed by atoms with Crippen molar-refractivity contribution in [2.75, 3.05) is 11.9 Å². The molecule has 0 radical (unpaired) electrons. The normalized spacial score (nSPS) is 15.1. The molecule has 0 unspecified atom stereocenters. The summed E-state index contributed by atoms with van der Waals surface area (Å²) in [5.41, 5.74) is 2.06. The van der Waals surface area contributed by atoms with E-state index in [9.17, 15) is 4.79 Å². The SMILES string of the molecule is O=C(COc1ccc(C2CCCCC2)cc1)Nc1cccnc1. The summed E-state index contributed by atoms with van der Waals surface area (Å²) in [5.74, 6) is 1.23. The highest BCUT2D eigenvalue weighted by Crippen LogP contribution is 2.33. The molecule has 4 heteroatoms. The van der Waals surface area contributed by atoms with Crippen LogP contribution in [0, 0.1) is 0 Å². The highest BCUT2D eigenvalue weighted by molar-refractivity contribution is 5.91. The lowest BCUT2D eigenvalue weighted by Gasteiger charge is -2.22. The van der Waals surface area contributed by atoms with Crippen LogP contribution < -0.4 is 10.1 Å². The molecule has 2 aromatic rings. The predicted octanol–water partition coefficient (Wildman–Crippen LogP) is 4.15. The molecule has 1 fully saturated rings. The van der Waals surface area contributed by atoms with Gasteiger partial charge in [0.25, 0.3) is 5.91 Å². The van der Waals surface area contributed by atoms with E-state index in [1.165, 1.54) is 37.7 Å². The standard InChI is InChI=1S/C19H22N2O2/c22-19(21-17-7-4-12-20-13-17)14-23-18-10-8-16(9-11-18)15-5-2-1-3-6-15/h4,7-13,15H,1-3,5-6,14H2,(H,21,22). The first-order valence-electron chi connectivity index (χ1n) is 8.24. The zero-order chi connectivity index (χ0) is 15.9.